The lowest BCUT2D eigenvalue weighted by Gasteiger charge is -2.37. The molecule has 0 radical (unpaired) electrons. The molecule has 0 aliphatic carbocycles. The van der Waals surface area contributed by atoms with Crippen LogP contribution in [0.4, 0.5) is 0 Å². The topological polar surface area (TPSA) is 36.9 Å². The van der Waals surface area contributed by atoms with Gasteiger partial charge >= 0.3 is 0 Å². The maximum absolute atomic E-state index is 5.50. The van der Waals surface area contributed by atoms with Crippen molar-refractivity contribution >= 4 is 41.7 Å². The normalized spacial score (nSPS) is 17.3. The van der Waals surface area contributed by atoms with E-state index in [0.29, 0.717) is 4.75 Å². The van der Waals surface area contributed by atoms with Crippen LogP contribution >= 0.6 is 35.7 Å². The number of unbranched alkanes of at least 4 members (excludes halogenated alkanes) is 3. The van der Waals surface area contributed by atoms with Crippen LogP contribution < -0.4 is 5.32 Å². The van der Waals surface area contributed by atoms with Gasteiger partial charge in [0.15, 0.2) is 5.96 Å². The van der Waals surface area contributed by atoms with Crippen LogP contribution in [0.25, 0.3) is 0 Å². The van der Waals surface area contributed by atoms with Crippen LogP contribution in [-0.2, 0) is 4.74 Å². The minimum atomic E-state index is 0. The highest BCUT2D eigenvalue weighted by Crippen LogP contribution is 2.32. The fourth-order valence-electron chi connectivity index (χ4n) is 2.74. The predicted octanol–water partition coefficient (Wildman–Crippen LogP) is 3.77. The first kappa shape index (κ1) is 23.1. The third-order valence-corrected chi connectivity index (χ3v) is 5.80. The Hall–Kier alpha value is 0.0500. The Kier molecular flexibility index (Phi) is 13.4. The summed E-state index contributed by atoms with van der Waals surface area (Å²) in [5.74, 6) is 1.00. The molecule has 1 N–H and O–H groups in total. The summed E-state index contributed by atoms with van der Waals surface area (Å²) < 4.78 is 5.79. The number of halogens is 1. The third-order valence-electron chi connectivity index (χ3n) is 4.38. The first-order valence-corrected chi connectivity index (χ1v) is 9.55. The zero-order valence-corrected chi connectivity index (χ0v) is 18.1. The number of ether oxygens (including phenoxy) is 1. The molecule has 4 nitrogen and oxygen atoms in total. The van der Waals surface area contributed by atoms with Crippen LogP contribution in [0.5, 0.6) is 0 Å². The second-order valence-corrected chi connectivity index (χ2v) is 7.23. The van der Waals surface area contributed by atoms with Gasteiger partial charge in [-0.1, -0.05) is 12.5 Å². The summed E-state index contributed by atoms with van der Waals surface area (Å²) in [6.45, 7) is 7.53. The van der Waals surface area contributed by atoms with E-state index in [1.165, 1.54) is 19.3 Å². The van der Waals surface area contributed by atoms with Crippen LogP contribution in [-0.4, -0.2) is 62.3 Å². The largest absolute Gasteiger partial charge is 0.381 e. The minimum Gasteiger partial charge on any atom is -0.381 e. The lowest BCUT2D eigenvalue weighted by molar-refractivity contribution is 0.0781. The third kappa shape index (κ3) is 8.63. The van der Waals surface area contributed by atoms with Crippen molar-refractivity contribution in [3.05, 3.63) is 12.7 Å². The average molecular weight is 455 g/mol. The van der Waals surface area contributed by atoms with Crippen molar-refractivity contribution in [2.24, 2.45) is 4.99 Å². The predicted molar refractivity (Wildman–Crippen MR) is 114 cm³/mol. The standard InChI is InChI=1S/C17H33N3OS.HI/c1-5-6-7-8-9-12-20(3)16(18-2)19-15-17(22-4)10-13-21-14-11-17;/h5H,1,6-15H2,2-4H3,(H,18,19);1H. The maximum Gasteiger partial charge on any atom is 0.193 e. The second kappa shape index (κ2) is 13.4. The first-order chi connectivity index (χ1) is 10.7. The molecule has 1 heterocycles. The van der Waals surface area contributed by atoms with Crippen LogP contribution in [0.1, 0.15) is 38.5 Å². The van der Waals surface area contributed by atoms with E-state index in [4.69, 9.17) is 4.74 Å². The molecule has 0 unspecified atom stereocenters. The van der Waals surface area contributed by atoms with Crippen molar-refractivity contribution in [1.82, 2.24) is 10.2 Å². The van der Waals surface area contributed by atoms with E-state index >= 15 is 0 Å². The maximum atomic E-state index is 5.50. The minimum absolute atomic E-state index is 0. The number of nitrogens with zero attached hydrogens (tertiary/aromatic N) is 2. The number of nitrogens with one attached hydrogen (secondary N) is 1. The van der Waals surface area contributed by atoms with Crippen LogP contribution in [0.2, 0.25) is 0 Å². The van der Waals surface area contributed by atoms with Gasteiger partial charge in [-0.2, -0.15) is 11.8 Å². The highest BCUT2D eigenvalue weighted by Gasteiger charge is 2.32. The molecule has 0 aromatic carbocycles. The summed E-state index contributed by atoms with van der Waals surface area (Å²) in [4.78, 5) is 6.66. The first-order valence-electron chi connectivity index (χ1n) is 8.33. The van der Waals surface area contributed by atoms with Crippen LogP contribution in [0, 0.1) is 0 Å². The number of allylic oxidation sites excluding steroid dienone is 1. The van der Waals surface area contributed by atoms with Crippen LogP contribution in [0.3, 0.4) is 0 Å². The van der Waals surface area contributed by atoms with Crippen molar-refractivity contribution in [2.45, 2.75) is 43.3 Å². The Morgan fingerprint density at radius 3 is 2.61 bits per heavy atom. The monoisotopic (exact) mass is 455 g/mol. The highest BCUT2D eigenvalue weighted by atomic mass is 127. The molecule has 0 bridgehead atoms. The van der Waals surface area contributed by atoms with Gasteiger partial charge in [0.1, 0.15) is 0 Å². The molecule has 6 heteroatoms. The zero-order chi connectivity index (χ0) is 16.3. The zero-order valence-electron chi connectivity index (χ0n) is 15.0. The van der Waals surface area contributed by atoms with Gasteiger partial charge in [-0.3, -0.25) is 4.99 Å². The number of rotatable bonds is 9. The SMILES string of the molecule is C=CCCCCCN(C)C(=NC)NCC1(SC)CCOCC1.I. The van der Waals surface area contributed by atoms with Gasteiger partial charge in [0, 0.05) is 45.1 Å². The summed E-state index contributed by atoms with van der Waals surface area (Å²) in [6, 6.07) is 0. The fraction of sp³-hybridized carbons (Fsp3) is 0.824. The molecule has 136 valence electrons. The van der Waals surface area contributed by atoms with Gasteiger partial charge in [-0.05, 0) is 38.4 Å². The molecule has 0 aromatic heterocycles. The molecule has 0 amide bonds. The molecule has 1 saturated heterocycles. The van der Waals surface area contributed by atoms with Gasteiger partial charge in [0.25, 0.3) is 0 Å². The second-order valence-electron chi connectivity index (χ2n) is 5.96. The van der Waals surface area contributed by atoms with Gasteiger partial charge in [0.05, 0.1) is 0 Å². The van der Waals surface area contributed by atoms with Crippen molar-refractivity contribution < 1.29 is 4.74 Å². The van der Waals surface area contributed by atoms with E-state index in [0.717, 1.165) is 51.5 Å². The van der Waals surface area contributed by atoms with Gasteiger partial charge in [0.2, 0.25) is 0 Å². The highest BCUT2D eigenvalue weighted by molar-refractivity contribution is 14.0. The Bertz CT molecular complexity index is 347. The fourth-order valence-corrected chi connectivity index (χ4v) is 3.53. The quantitative estimate of drug-likeness (QED) is 0.189. The van der Waals surface area contributed by atoms with Crippen molar-refractivity contribution in [2.75, 3.05) is 46.7 Å². The molecule has 1 aliphatic heterocycles. The van der Waals surface area contributed by atoms with Crippen LogP contribution in [0.15, 0.2) is 17.6 Å². The summed E-state index contributed by atoms with van der Waals surface area (Å²) >= 11 is 1.96. The van der Waals surface area contributed by atoms with Gasteiger partial charge in [-0.15, -0.1) is 30.6 Å². The molecule has 0 spiro atoms. The average Bonchev–Trinajstić information content (AvgIpc) is 2.56. The molecule has 1 fully saturated rings. The number of hydrogen-bond donors (Lipinski definition) is 1. The summed E-state index contributed by atoms with van der Waals surface area (Å²) in [7, 11) is 3.99. The Morgan fingerprint density at radius 1 is 1.35 bits per heavy atom. The van der Waals surface area contributed by atoms with E-state index in [-0.39, 0.29) is 24.0 Å². The number of thioether (sulfide) groups is 1. The molecule has 23 heavy (non-hydrogen) atoms. The summed E-state index contributed by atoms with van der Waals surface area (Å²) in [5.41, 5.74) is 0. The summed E-state index contributed by atoms with van der Waals surface area (Å²) in [6.07, 6.45) is 11.2. The number of aliphatic imine (C=N–C) groups is 1. The van der Waals surface area contributed by atoms with Gasteiger partial charge in [-0.25, -0.2) is 0 Å². The number of hydrogen-bond acceptors (Lipinski definition) is 3. The van der Waals surface area contributed by atoms with E-state index < -0.39 is 0 Å². The van der Waals surface area contributed by atoms with E-state index in [1.54, 1.807) is 0 Å². The molecular weight excluding hydrogens is 421 g/mol. The van der Waals surface area contributed by atoms with E-state index in [9.17, 15) is 0 Å². The molecule has 1 rings (SSSR count). The Labute approximate surface area is 163 Å². The smallest absolute Gasteiger partial charge is 0.193 e. The van der Waals surface area contributed by atoms with E-state index in [1.807, 2.05) is 24.9 Å². The lowest BCUT2D eigenvalue weighted by atomic mass is 9.99. The number of guanidine groups is 1. The molecular formula is C17H34IN3OS. The van der Waals surface area contributed by atoms with Crippen molar-refractivity contribution in [3.63, 3.8) is 0 Å². The Morgan fingerprint density at radius 2 is 2.04 bits per heavy atom. The molecule has 0 atom stereocenters. The van der Waals surface area contributed by atoms with Crippen molar-refractivity contribution in [1.29, 1.82) is 0 Å². The van der Waals surface area contributed by atoms with E-state index in [2.05, 4.69) is 35.1 Å². The summed E-state index contributed by atoms with van der Waals surface area (Å²) in [5, 5.41) is 3.57. The lowest BCUT2D eigenvalue weighted by Crippen LogP contribution is -2.48. The van der Waals surface area contributed by atoms with Crippen molar-refractivity contribution in [3.8, 4) is 0 Å². The molecule has 1 aliphatic rings. The molecule has 0 aromatic rings. The Balaban J connectivity index is 0.00000484. The van der Waals surface area contributed by atoms with Gasteiger partial charge < -0.3 is 15.0 Å². The molecule has 0 saturated carbocycles.